The van der Waals surface area contributed by atoms with Crippen LogP contribution >= 0.6 is 0 Å². The molecule has 0 aliphatic carbocycles. The second-order valence-corrected chi connectivity index (χ2v) is 2.93. The summed E-state index contributed by atoms with van der Waals surface area (Å²) >= 11 is 0. The molecule has 4 nitrogen and oxygen atoms in total. The number of hydrogen-bond acceptors (Lipinski definition) is 3. The van der Waals surface area contributed by atoms with Crippen molar-refractivity contribution in [1.29, 1.82) is 0 Å². The molecule has 3 N–H and O–H groups in total. The summed E-state index contributed by atoms with van der Waals surface area (Å²) < 4.78 is 0. The summed E-state index contributed by atoms with van der Waals surface area (Å²) in [5.74, 6) is -0.851. The molecule has 1 aromatic rings. The molecule has 14 heavy (non-hydrogen) atoms. The summed E-state index contributed by atoms with van der Waals surface area (Å²) in [5, 5.41) is 14.5. The van der Waals surface area contributed by atoms with Crippen LogP contribution in [-0.4, -0.2) is 30.7 Å². The SMILES string of the molecule is CNC(CNc1ccccc1)C(=O)O. The fourth-order valence-corrected chi connectivity index (χ4v) is 1.09. The highest BCUT2D eigenvalue weighted by Gasteiger charge is 2.13. The fourth-order valence-electron chi connectivity index (χ4n) is 1.09. The molecule has 0 spiro atoms. The maximum atomic E-state index is 10.6. The first kappa shape index (κ1) is 10.5. The molecule has 0 aliphatic heterocycles. The van der Waals surface area contributed by atoms with Gasteiger partial charge >= 0.3 is 5.97 Å². The zero-order chi connectivity index (χ0) is 10.4. The molecule has 0 aliphatic rings. The number of hydrogen-bond donors (Lipinski definition) is 3. The number of rotatable bonds is 5. The monoisotopic (exact) mass is 194 g/mol. The van der Waals surface area contributed by atoms with Crippen molar-refractivity contribution in [3.8, 4) is 0 Å². The van der Waals surface area contributed by atoms with Crippen LogP contribution in [0.1, 0.15) is 0 Å². The first-order valence-electron chi connectivity index (χ1n) is 4.43. The molecule has 0 amide bonds. The number of carboxylic acid groups (broad SMARTS) is 1. The van der Waals surface area contributed by atoms with Crippen molar-refractivity contribution >= 4 is 11.7 Å². The normalized spacial score (nSPS) is 12.1. The van der Waals surface area contributed by atoms with Gasteiger partial charge in [0.25, 0.3) is 0 Å². The van der Waals surface area contributed by atoms with Crippen LogP contribution in [0.25, 0.3) is 0 Å². The van der Waals surface area contributed by atoms with E-state index in [0.717, 1.165) is 5.69 Å². The van der Waals surface area contributed by atoms with Gasteiger partial charge in [-0.05, 0) is 19.2 Å². The predicted molar refractivity (Wildman–Crippen MR) is 55.4 cm³/mol. The second-order valence-electron chi connectivity index (χ2n) is 2.93. The van der Waals surface area contributed by atoms with Crippen molar-refractivity contribution in [3.05, 3.63) is 30.3 Å². The Morgan fingerprint density at radius 2 is 2.07 bits per heavy atom. The van der Waals surface area contributed by atoms with Crippen LogP contribution in [-0.2, 0) is 4.79 Å². The van der Waals surface area contributed by atoms with Crippen LogP contribution in [0.4, 0.5) is 5.69 Å². The quantitative estimate of drug-likeness (QED) is 0.648. The van der Waals surface area contributed by atoms with Gasteiger partial charge in [0.1, 0.15) is 6.04 Å². The zero-order valence-corrected chi connectivity index (χ0v) is 8.03. The number of carboxylic acids is 1. The van der Waals surface area contributed by atoms with E-state index in [0.29, 0.717) is 6.54 Å². The minimum Gasteiger partial charge on any atom is -0.480 e. The largest absolute Gasteiger partial charge is 0.480 e. The Morgan fingerprint density at radius 1 is 1.43 bits per heavy atom. The Kier molecular flexibility index (Phi) is 3.94. The van der Waals surface area contributed by atoms with Gasteiger partial charge in [-0.25, -0.2) is 0 Å². The average Bonchev–Trinajstić information content (AvgIpc) is 2.20. The van der Waals surface area contributed by atoms with Gasteiger partial charge < -0.3 is 15.7 Å². The van der Waals surface area contributed by atoms with Gasteiger partial charge in [0.15, 0.2) is 0 Å². The topological polar surface area (TPSA) is 61.4 Å². The Morgan fingerprint density at radius 3 is 2.57 bits per heavy atom. The van der Waals surface area contributed by atoms with E-state index in [2.05, 4.69) is 10.6 Å². The molecule has 4 heteroatoms. The van der Waals surface area contributed by atoms with E-state index in [1.807, 2.05) is 30.3 Å². The van der Waals surface area contributed by atoms with Gasteiger partial charge in [-0.1, -0.05) is 18.2 Å². The molecule has 1 aromatic carbocycles. The van der Waals surface area contributed by atoms with Gasteiger partial charge in [-0.2, -0.15) is 0 Å². The number of para-hydroxylation sites is 1. The van der Waals surface area contributed by atoms with Gasteiger partial charge in [0.2, 0.25) is 0 Å². The summed E-state index contributed by atoms with van der Waals surface area (Å²) in [4.78, 5) is 10.6. The summed E-state index contributed by atoms with van der Waals surface area (Å²) in [7, 11) is 1.63. The van der Waals surface area contributed by atoms with Crippen LogP contribution in [0.3, 0.4) is 0 Å². The zero-order valence-electron chi connectivity index (χ0n) is 8.03. The van der Waals surface area contributed by atoms with E-state index in [9.17, 15) is 4.79 Å². The lowest BCUT2D eigenvalue weighted by molar-refractivity contribution is -0.138. The molecule has 0 saturated heterocycles. The number of carbonyl (C=O) groups is 1. The highest BCUT2D eigenvalue weighted by atomic mass is 16.4. The molecular formula is C10H14N2O2. The van der Waals surface area contributed by atoms with E-state index >= 15 is 0 Å². The van der Waals surface area contributed by atoms with E-state index < -0.39 is 12.0 Å². The van der Waals surface area contributed by atoms with Gasteiger partial charge in [0, 0.05) is 12.2 Å². The van der Waals surface area contributed by atoms with Gasteiger partial charge in [0.05, 0.1) is 0 Å². The number of anilines is 1. The molecule has 1 atom stereocenters. The molecule has 76 valence electrons. The van der Waals surface area contributed by atoms with Crippen molar-refractivity contribution in [3.63, 3.8) is 0 Å². The summed E-state index contributed by atoms with van der Waals surface area (Å²) in [5.41, 5.74) is 0.925. The first-order chi connectivity index (χ1) is 6.74. The lowest BCUT2D eigenvalue weighted by Crippen LogP contribution is -2.39. The van der Waals surface area contributed by atoms with Crippen molar-refractivity contribution in [2.24, 2.45) is 0 Å². The minimum atomic E-state index is -0.851. The highest BCUT2D eigenvalue weighted by molar-refractivity contribution is 5.74. The minimum absolute atomic E-state index is 0.371. The highest BCUT2D eigenvalue weighted by Crippen LogP contribution is 2.04. The van der Waals surface area contributed by atoms with Crippen LogP contribution in [0.15, 0.2) is 30.3 Å². The lowest BCUT2D eigenvalue weighted by atomic mass is 10.2. The summed E-state index contributed by atoms with van der Waals surface area (Å²) in [6, 6.07) is 8.95. The van der Waals surface area contributed by atoms with E-state index in [1.165, 1.54) is 0 Å². The maximum absolute atomic E-state index is 10.6. The molecule has 0 fully saturated rings. The third-order valence-electron chi connectivity index (χ3n) is 1.93. The van der Waals surface area contributed by atoms with Crippen molar-refractivity contribution < 1.29 is 9.90 Å². The van der Waals surface area contributed by atoms with Crippen LogP contribution in [0.5, 0.6) is 0 Å². The summed E-state index contributed by atoms with van der Waals surface area (Å²) in [6.07, 6.45) is 0. The van der Waals surface area contributed by atoms with Crippen molar-refractivity contribution in [2.75, 3.05) is 18.9 Å². The van der Waals surface area contributed by atoms with Crippen LogP contribution < -0.4 is 10.6 Å². The number of likely N-dealkylation sites (N-methyl/N-ethyl adjacent to an activating group) is 1. The Hall–Kier alpha value is -1.55. The fraction of sp³-hybridized carbons (Fsp3) is 0.300. The smallest absolute Gasteiger partial charge is 0.322 e. The maximum Gasteiger partial charge on any atom is 0.322 e. The molecule has 0 aromatic heterocycles. The molecule has 0 bridgehead atoms. The summed E-state index contributed by atoms with van der Waals surface area (Å²) in [6.45, 7) is 0.371. The number of nitrogens with one attached hydrogen (secondary N) is 2. The Labute approximate surface area is 82.9 Å². The van der Waals surface area contributed by atoms with E-state index in [1.54, 1.807) is 7.05 Å². The lowest BCUT2D eigenvalue weighted by Gasteiger charge is -2.12. The molecular weight excluding hydrogens is 180 g/mol. The number of benzene rings is 1. The second kappa shape index (κ2) is 5.24. The first-order valence-corrected chi connectivity index (χ1v) is 4.43. The van der Waals surface area contributed by atoms with E-state index in [4.69, 9.17) is 5.11 Å². The van der Waals surface area contributed by atoms with Gasteiger partial charge in [-0.3, -0.25) is 4.79 Å². The molecule has 1 rings (SSSR count). The average molecular weight is 194 g/mol. The van der Waals surface area contributed by atoms with Crippen molar-refractivity contribution in [1.82, 2.24) is 5.32 Å². The van der Waals surface area contributed by atoms with Crippen LogP contribution in [0, 0.1) is 0 Å². The molecule has 0 heterocycles. The molecule has 1 unspecified atom stereocenters. The van der Waals surface area contributed by atoms with Gasteiger partial charge in [-0.15, -0.1) is 0 Å². The Bertz CT molecular complexity index is 287. The standard InChI is InChI=1S/C10H14N2O2/c1-11-9(10(13)14)7-12-8-5-3-2-4-6-8/h2-6,9,11-12H,7H2,1H3,(H,13,14). The third kappa shape index (κ3) is 3.06. The third-order valence-corrected chi connectivity index (χ3v) is 1.93. The molecule has 0 radical (unpaired) electrons. The molecule has 0 saturated carbocycles. The van der Waals surface area contributed by atoms with Crippen LogP contribution in [0.2, 0.25) is 0 Å². The predicted octanol–water partition coefficient (Wildman–Crippen LogP) is 0.771. The van der Waals surface area contributed by atoms with E-state index in [-0.39, 0.29) is 0 Å². The Balaban J connectivity index is 2.44. The number of aliphatic carboxylic acids is 1. The van der Waals surface area contributed by atoms with Crippen molar-refractivity contribution in [2.45, 2.75) is 6.04 Å².